The number of hydrogen-bond acceptors (Lipinski definition) is 3. The maximum atomic E-state index is 5.61. The molecule has 0 spiro atoms. The highest BCUT2D eigenvalue weighted by molar-refractivity contribution is 5.80. The smallest absolute Gasteiger partial charge is 0.191 e. The Balaban J connectivity index is 1.58. The molecule has 2 unspecified atom stereocenters. The molecule has 21 heavy (non-hydrogen) atoms. The summed E-state index contributed by atoms with van der Waals surface area (Å²) >= 11 is 0. The summed E-state index contributed by atoms with van der Waals surface area (Å²) in [6, 6.07) is 0.619. The first-order chi connectivity index (χ1) is 10.2. The molecule has 3 rings (SSSR count). The van der Waals surface area contributed by atoms with Gasteiger partial charge in [0.1, 0.15) is 0 Å². The van der Waals surface area contributed by atoms with E-state index in [1.165, 1.54) is 32.4 Å². The summed E-state index contributed by atoms with van der Waals surface area (Å²) < 4.78 is 5.61. The van der Waals surface area contributed by atoms with Crippen LogP contribution in [0.2, 0.25) is 0 Å². The van der Waals surface area contributed by atoms with Gasteiger partial charge in [-0.25, -0.2) is 0 Å². The maximum Gasteiger partial charge on any atom is 0.191 e. The highest BCUT2D eigenvalue weighted by Crippen LogP contribution is 2.31. The fourth-order valence-corrected chi connectivity index (χ4v) is 3.69. The zero-order valence-corrected chi connectivity index (χ0v) is 13.5. The van der Waals surface area contributed by atoms with E-state index in [0.29, 0.717) is 6.04 Å². The molecule has 3 aliphatic rings. The van der Waals surface area contributed by atoms with Crippen molar-refractivity contribution in [3.63, 3.8) is 0 Å². The Kier molecular flexibility index (Phi) is 4.69. The van der Waals surface area contributed by atoms with E-state index >= 15 is 0 Å². The summed E-state index contributed by atoms with van der Waals surface area (Å²) in [6.45, 7) is 7.54. The Morgan fingerprint density at radius 3 is 2.52 bits per heavy atom. The Labute approximate surface area is 128 Å². The van der Waals surface area contributed by atoms with Crippen molar-refractivity contribution in [3.05, 3.63) is 0 Å². The minimum atomic E-state index is 0.265. The van der Waals surface area contributed by atoms with Crippen molar-refractivity contribution < 1.29 is 4.74 Å². The third-order valence-electron chi connectivity index (χ3n) is 5.44. The van der Waals surface area contributed by atoms with E-state index in [4.69, 9.17) is 4.74 Å². The van der Waals surface area contributed by atoms with Gasteiger partial charge in [0.05, 0.1) is 0 Å². The van der Waals surface area contributed by atoms with Gasteiger partial charge < -0.3 is 15.4 Å². The van der Waals surface area contributed by atoms with Crippen molar-refractivity contribution in [1.82, 2.24) is 15.5 Å². The maximum absolute atomic E-state index is 5.61. The van der Waals surface area contributed by atoms with Gasteiger partial charge in [-0.2, -0.15) is 0 Å². The molecule has 3 fully saturated rings. The number of nitrogens with zero attached hydrogens (tertiary/aromatic N) is 2. The molecule has 0 radical (unpaired) electrons. The second-order valence-corrected chi connectivity index (χ2v) is 6.92. The van der Waals surface area contributed by atoms with Crippen LogP contribution in [-0.4, -0.2) is 62.3 Å². The van der Waals surface area contributed by atoms with Crippen molar-refractivity contribution >= 4 is 5.96 Å². The van der Waals surface area contributed by atoms with Crippen molar-refractivity contribution in [1.29, 1.82) is 0 Å². The average Bonchev–Trinajstić information content (AvgIpc) is 2.98. The molecule has 2 atom stereocenters. The molecule has 0 aromatic rings. The third-order valence-corrected chi connectivity index (χ3v) is 5.44. The van der Waals surface area contributed by atoms with Crippen molar-refractivity contribution in [2.24, 2.45) is 10.9 Å². The largest absolute Gasteiger partial charge is 0.381 e. The molecule has 2 N–H and O–H groups in total. The Bertz CT molecular complexity index is 372. The highest BCUT2D eigenvalue weighted by atomic mass is 16.5. The van der Waals surface area contributed by atoms with Crippen LogP contribution in [0.15, 0.2) is 4.99 Å². The second kappa shape index (κ2) is 6.53. The zero-order valence-electron chi connectivity index (χ0n) is 13.5. The Hall–Kier alpha value is -0.810. The van der Waals surface area contributed by atoms with Crippen LogP contribution in [0.5, 0.6) is 0 Å². The number of likely N-dealkylation sites (tertiary alicyclic amines) is 1. The zero-order chi connectivity index (χ0) is 14.7. The minimum Gasteiger partial charge on any atom is -0.381 e. The molecule has 2 aliphatic heterocycles. The molecule has 120 valence electrons. The van der Waals surface area contributed by atoms with Crippen LogP contribution in [-0.2, 0) is 4.74 Å². The van der Waals surface area contributed by atoms with Crippen molar-refractivity contribution in [2.75, 3.05) is 39.9 Å². The van der Waals surface area contributed by atoms with Gasteiger partial charge in [0.25, 0.3) is 0 Å². The first-order valence-electron chi connectivity index (χ1n) is 8.53. The lowest BCUT2D eigenvalue weighted by Crippen LogP contribution is -2.58. The van der Waals surface area contributed by atoms with E-state index in [1.807, 2.05) is 7.05 Å². The van der Waals surface area contributed by atoms with Crippen LogP contribution in [0.25, 0.3) is 0 Å². The van der Waals surface area contributed by atoms with E-state index in [9.17, 15) is 0 Å². The Morgan fingerprint density at radius 2 is 1.95 bits per heavy atom. The molecule has 0 aromatic heterocycles. The SMILES string of the molecule is CN=C(NCC1(N2CCCC2)CCOCC1)NC1CC1C. The van der Waals surface area contributed by atoms with Gasteiger partial charge in [-0.3, -0.25) is 9.89 Å². The van der Waals surface area contributed by atoms with Crippen LogP contribution in [0.1, 0.15) is 39.0 Å². The molecular weight excluding hydrogens is 264 g/mol. The monoisotopic (exact) mass is 294 g/mol. The van der Waals surface area contributed by atoms with Gasteiger partial charge in [-0.15, -0.1) is 0 Å². The molecule has 0 amide bonds. The number of ether oxygens (including phenoxy) is 1. The van der Waals surface area contributed by atoms with Gasteiger partial charge in [-0.05, 0) is 51.1 Å². The highest BCUT2D eigenvalue weighted by Gasteiger charge is 2.40. The summed E-state index contributed by atoms with van der Waals surface area (Å²) in [6.07, 6.45) is 6.23. The predicted molar refractivity (Wildman–Crippen MR) is 85.7 cm³/mol. The van der Waals surface area contributed by atoms with Crippen LogP contribution >= 0.6 is 0 Å². The number of rotatable bonds is 4. The van der Waals surface area contributed by atoms with Gasteiger partial charge in [0.15, 0.2) is 5.96 Å². The van der Waals surface area contributed by atoms with Gasteiger partial charge in [0, 0.05) is 38.4 Å². The molecule has 1 aliphatic carbocycles. The number of nitrogens with one attached hydrogen (secondary N) is 2. The average molecular weight is 294 g/mol. The lowest BCUT2D eigenvalue weighted by molar-refractivity contribution is -0.0164. The molecule has 0 aromatic carbocycles. The van der Waals surface area contributed by atoms with E-state index in [2.05, 4.69) is 27.4 Å². The molecule has 0 bridgehead atoms. The lowest BCUT2D eigenvalue weighted by atomic mass is 9.88. The van der Waals surface area contributed by atoms with E-state index < -0.39 is 0 Å². The third kappa shape index (κ3) is 3.51. The van der Waals surface area contributed by atoms with E-state index in [1.54, 1.807) is 0 Å². The fourth-order valence-electron chi connectivity index (χ4n) is 3.69. The summed E-state index contributed by atoms with van der Waals surface area (Å²) in [5, 5.41) is 7.12. The first kappa shape index (κ1) is 15.1. The van der Waals surface area contributed by atoms with Crippen LogP contribution < -0.4 is 10.6 Å². The fraction of sp³-hybridized carbons (Fsp3) is 0.938. The second-order valence-electron chi connectivity index (χ2n) is 6.92. The lowest BCUT2D eigenvalue weighted by Gasteiger charge is -2.45. The van der Waals surface area contributed by atoms with E-state index in [0.717, 1.165) is 44.5 Å². The van der Waals surface area contributed by atoms with Crippen LogP contribution in [0.3, 0.4) is 0 Å². The van der Waals surface area contributed by atoms with Crippen LogP contribution in [0.4, 0.5) is 0 Å². The molecule has 5 heteroatoms. The predicted octanol–water partition coefficient (Wildman–Crippen LogP) is 1.20. The van der Waals surface area contributed by atoms with Crippen molar-refractivity contribution in [3.8, 4) is 0 Å². The topological polar surface area (TPSA) is 48.9 Å². The minimum absolute atomic E-state index is 0.265. The molecule has 2 heterocycles. The van der Waals surface area contributed by atoms with Crippen molar-refractivity contribution in [2.45, 2.75) is 50.6 Å². The number of aliphatic imine (C=N–C) groups is 1. The summed E-state index contributed by atoms with van der Waals surface area (Å²) in [5.74, 6) is 1.76. The summed E-state index contributed by atoms with van der Waals surface area (Å²) in [4.78, 5) is 7.08. The number of guanidine groups is 1. The molecule has 1 saturated carbocycles. The quantitative estimate of drug-likeness (QED) is 0.604. The molecule has 5 nitrogen and oxygen atoms in total. The van der Waals surface area contributed by atoms with Gasteiger partial charge in [-0.1, -0.05) is 6.92 Å². The first-order valence-corrected chi connectivity index (χ1v) is 8.53. The van der Waals surface area contributed by atoms with Gasteiger partial charge >= 0.3 is 0 Å². The number of hydrogen-bond donors (Lipinski definition) is 2. The standard InChI is InChI=1S/C16H30N4O/c1-13-11-14(13)19-15(17-2)18-12-16(5-9-21-10-6-16)20-7-3-4-8-20/h13-14H,3-12H2,1-2H3,(H2,17,18,19). The Morgan fingerprint density at radius 1 is 1.29 bits per heavy atom. The molecule has 2 saturated heterocycles. The summed E-state index contributed by atoms with van der Waals surface area (Å²) in [5.41, 5.74) is 0.265. The summed E-state index contributed by atoms with van der Waals surface area (Å²) in [7, 11) is 1.87. The van der Waals surface area contributed by atoms with Crippen LogP contribution in [0, 0.1) is 5.92 Å². The van der Waals surface area contributed by atoms with Gasteiger partial charge in [0.2, 0.25) is 0 Å². The normalized spacial score (nSPS) is 33.0. The molecular formula is C16H30N4O. The van der Waals surface area contributed by atoms with E-state index in [-0.39, 0.29) is 5.54 Å².